The Hall–Kier alpha value is -3.40. The Labute approximate surface area is 239 Å². The van der Waals surface area contributed by atoms with Crippen molar-refractivity contribution in [2.45, 2.75) is 63.0 Å². The summed E-state index contributed by atoms with van der Waals surface area (Å²) in [4.78, 5) is 34.2. The molecule has 2 atom stereocenters. The molecule has 3 heterocycles. The fraction of sp³-hybridized carbons (Fsp3) is 0.500. The van der Waals surface area contributed by atoms with Crippen LogP contribution < -0.4 is 10.3 Å². The maximum atomic E-state index is 14.1. The number of ether oxygens (including phenoxy) is 1. The molecule has 3 aromatic rings. The number of carbonyl (C=O) groups is 2. The second-order valence-electron chi connectivity index (χ2n) is 12.5. The van der Waals surface area contributed by atoms with E-state index in [4.69, 9.17) is 9.57 Å². The van der Waals surface area contributed by atoms with Crippen molar-refractivity contribution in [1.82, 2.24) is 20.1 Å². The molecule has 0 spiro atoms. The molecule has 7 rings (SSSR count). The maximum absolute atomic E-state index is 14.1. The molecule has 9 heteroatoms. The van der Waals surface area contributed by atoms with E-state index in [2.05, 4.69) is 28.4 Å². The lowest BCUT2D eigenvalue weighted by Crippen LogP contribution is -2.56. The number of likely N-dealkylation sites (tertiary alicyclic amines) is 1. The molecule has 216 valence electrons. The number of carbonyl (C=O) groups excluding carboxylic acids is 2. The number of nitrogens with zero attached hydrogens (tertiary/aromatic N) is 3. The molecular weight excluding hydrogens is 520 g/mol. The Morgan fingerprint density at radius 1 is 1.07 bits per heavy atom. The SMILES string of the molecule is COc1ccc2c(c1)C1CC1(C(=O)N1CC(O)C1)Cn1c-2c(C2CCCCC2)c2ccc(C(=O)ONN(C)C)cc21. The van der Waals surface area contributed by atoms with E-state index >= 15 is 0 Å². The monoisotopic (exact) mass is 558 g/mol. The van der Waals surface area contributed by atoms with Gasteiger partial charge in [-0.25, -0.2) is 9.80 Å². The smallest absolute Gasteiger partial charge is 0.358 e. The lowest BCUT2D eigenvalue weighted by Gasteiger charge is -2.38. The highest BCUT2D eigenvalue weighted by Crippen LogP contribution is 2.66. The van der Waals surface area contributed by atoms with Crippen LogP contribution in [0.1, 0.15) is 71.8 Å². The average molecular weight is 559 g/mol. The van der Waals surface area contributed by atoms with Crippen LogP contribution in [0.4, 0.5) is 0 Å². The summed E-state index contributed by atoms with van der Waals surface area (Å²) in [5, 5.41) is 12.7. The number of amides is 1. The quantitative estimate of drug-likeness (QED) is 0.438. The first-order chi connectivity index (χ1) is 19.8. The highest BCUT2D eigenvalue weighted by atomic mass is 16.7. The van der Waals surface area contributed by atoms with Crippen LogP contribution in [-0.2, 0) is 16.2 Å². The van der Waals surface area contributed by atoms with Gasteiger partial charge in [-0.1, -0.05) is 30.9 Å². The van der Waals surface area contributed by atoms with E-state index in [9.17, 15) is 14.7 Å². The molecular formula is C32H38N4O5. The van der Waals surface area contributed by atoms with Crippen molar-refractivity contribution in [2.24, 2.45) is 5.41 Å². The van der Waals surface area contributed by atoms with Crippen molar-refractivity contribution in [2.75, 3.05) is 34.3 Å². The van der Waals surface area contributed by atoms with E-state index in [1.165, 1.54) is 30.5 Å². The zero-order chi connectivity index (χ0) is 28.5. The van der Waals surface area contributed by atoms with Gasteiger partial charge in [0.15, 0.2) is 0 Å². The fourth-order valence-electron chi connectivity index (χ4n) is 7.54. The Morgan fingerprint density at radius 2 is 1.85 bits per heavy atom. The second-order valence-corrected chi connectivity index (χ2v) is 12.5. The lowest BCUT2D eigenvalue weighted by atomic mass is 9.81. The minimum absolute atomic E-state index is 0.0736. The first-order valence-electron chi connectivity index (χ1n) is 14.8. The largest absolute Gasteiger partial charge is 0.497 e. The minimum atomic E-state index is -0.592. The van der Waals surface area contributed by atoms with Gasteiger partial charge in [0.1, 0.15) is 5.75 Å². The average Bonchev–Trinajstić information content (AvgIpc) is 3.64. The molecule has 41 heavy (non-hydrogen) atoms. The number of methoxy groups -OCH3 is 1. The zero-order valence-corrected chi connectivity index (χ0v) is 24.0. The third-order valence-corrected chi connectivity index (χ3v) is 9.65. The van der Waals surface area contributed by atoms with Crippen molar-refractivity contribution >= 4 is 22.8 Å². The first kappa shape index (κ1) is 26.5. The van der Waals surface area contributed by atoms with Crippen LogP contribution in [0.3, 0.4) is 0 Å². The summed E-state index contributed by atoms with van der Waals surface area (Å²) < 4.78 is 7.98. The van der Waals surface area contributed by atoms with Crippen LogP contribution in [0.25, 0.3) is 22.2 Å². The highest BCUT2D eigenvalue weighted by Gasteiger charge is 2.64. The number of aliphatic hydroxyl groups is 1. The van der Waals surface area contributed by atoms with Gasteiger partial charge in [0.2, 0.25) is 5.91 Å². The molecule has 2 aliphatic heterocycles. The number of hydrazine groups is 1. The van der Waals surface area contributed by atoms with E-state index in [0.29, 0.717) is 31.1 Å². The Kier molecular flexibility index (Phi) is 6.37. The second kappa shape index (κ2) is 9.86. The maximum Gasteiger partial charge on any atom is 0.358 e. The van der Waals surface area contributed by atoms with Crippen LogP contribution >= 0.6 is 0 Å². The molecule has 0 radical (unpaired) electrons. The Morgan fingerprint density at radius 3 is 2.56 bits per heavy atom. The first-order valence-corrected chi connectivity index (χ1v) is 14.8. The summed E-state index contributed by atoms with van der Waals surface area (Å²) in [7, 11) is 5.19. The molecule has 2 saturated carbocycles. The fourth-order valence-corrected chi connectivity index (χ4v) is 7.54. The molecule has 2 N–H and O–H groups in total. The molecule has 0 bridgehead atoms. The number of hydrogen-bond acceptors (Lipinski definition) is 7. The van der Waals surface area contributed by atoms with E-state index in [1.807, 2.05) is 18.2 Å². The molecule has 2 unspecified atom stereocenters. The van der Waals surface area contributed by atoms with Crippen LogP contribution in [0.5, 0.6) is 5.75 Å². The number of aliphatic hydroxyl groups excluding tert-OH is 1. The molecule has 1 amide bonds. The topological polar surface area (TPSA) is 96.3 Å². The summed E-state index contributed by atoms with van der Waals surface area (Å²) >= 11 is 0. The van der Waals surface area contributed by atoms with Crippen molar-refractivity contribution in [3.8, 4) is 17.0 Å². The normalized spacial score (nSPS) is 23.8. The summed E-state index contributed by atoms with van der Waals surface area (Å²) in [6.45, 7) is 1.31. The summed E-state index contributed by atoms with van der Waals surface area (Å²) in [5.74, 6) is 0.931. The van der Waals surface area contributed by atoms with Gasteiger partial charge in [0.25, 0.3) is 0 Å². The third-order valence-electron chi connectivity index (χ3n) is 9.65. The van der Waals surface area contributed by atoms with Gasteiger partial charge in [-0.05, 0) is 66.6 Å². The van der Waals surface area contributed by atoms with Gasteiger partial charge in [0, 0.05) is 56.1 Å². The van der Waals surface area contributed by atoms with Crippen molar-refractivity contribution < 1.29 is 24.3 Å². The van der Waals surface area contributed by atoms with Gasteiger partial charge in [-0.3, -0.25) is 4.79 Å². The third kappa shape index (κ3) is 4.24. The Bertz CT molecular complexity index is 1530. The number of benzene rings is 2. The van der Waals surface area contributed by atoms with Crippen LogP contribution in [-0.4, -0.2) is 71.9 Å². The Balaban J connectivity index is 1.44. The number of nitrogens with one attached hydrogen (secondary N) is 1. The van der Waals surface area contributed by atoms with Gasteiger partial charge < -0.3 is 24.1 Å². The van der Waals surface area contributed by atoms with E-state index in [0.717, 1.165) is 47.0 Å². The van der Waals surface area contributed by atoms with Crippen molar-refractivity contribution in [3.63, 3.8) is 0 Å². The number of fused-ring (bicyclic) bond motifs is 7. The summed E-state index contributed by atoms with van der Waals surface area (Å²) in [6.07, 6.45) is 6.24. The van der Waals surface area contributed by atoms with Gasteiger partial charge in [0.05, 0.1) is 29.9 Å². The number of β-amino-alcohol motifs (C(OH)–C–C–N with tert-alkyl or cyclic N) is 1. The predicted molar refractivity (Wildman–Crippen MR) is 154 cm³/mol. The van der Waals surface area contributed by atoms with Gasteiger partial charge in [-0.2, -0.15) is 0 Å². The predicted octanol–water partition coefficient (Wildman–Crippen LogP) is 4.19. The van der Waals surface area contributed by atoms with E-state index in [1.54, 1.807) is 31.1 Å². The van der Waals surface area contributed by atoms with Crippen LogP contribution in [0.2, 0.25) is 0 Å². The zero-order valence-electron chi connectivity index (χ0n) is 24.0. The lowest BCUT2D eigenvalue weighted by molar-refractivity contribution is -0.148. The molecule has 4 aliphatic rings. The number of aromatic nitrogens is 1. The van der Waals surface area contributed by atoms with Crippen molar-refractivity contribution in [3.05, 3.63) is 53.1 Å². The van der Waals surface area contributed by atoms with Crippen LogP contribution in [0.15, 0.2) is 36.4 Å². The number of rotatable bonds is 6. The summed E-state index contributed by atoms with van der Waals surface area (Å²) in [6, 6.07) is 12.2. The summed E-state index contributed by atoms with van der Waals surface area (Å²) in [5.41, 5.74) is 8.25. The number of hydrogen-bond donors (Lipinski definition) is 2. The molecule has 1 aromatic heterocycles. The van der Waals surface area contributed by atoms with Crippen molar-refractivity contribution in [1.29, 1.82) is 0 Å². The minimum Gasteiger partial charge on any atom is -0.497 e. The highest BCUT2D eigenvalue weighted by molar-refractivity contribution is 6.00. The molecule has 1 saturated heterocycles. The van der Waals surface area contributed by atoms with Crippen LogP contribution in [0, 0.1) is 5.41 Å². The molecule has 2 aliphatic carbocycles. The van der Waals surface area contributed by atoms with E-state index < -0.39 is 17.5 Å². The van der Waals surface area contributed by atoms with Gasteiger partial charge >= 0.3 is 5.97 Å². The van der Waals surface area contributed by atoms with Gasteiger partial charge in [-0.15, -0.1) is 0 Å². The standard InChI is InChI=1S/C32H38N4O5/c1-34(2)33-41-30(38)20-9-11-24-27(13-20)36-18-32(31(39)35-16-21(37)17-35)15-26(32)25-14-22(40-3)10-12-23(25)29(36)28(24)19-7-5-4-6-8-19/h9-14,19,21,26,33,37H,4-8,15-18H2,1-3H3. The van der Waals surface area contributed by atoms with E-state index in [-0.39, 0.29) is 11.8 Å². The molecule has 2 aromatic carbocycles. The molecule has 9 nitrogen and oxygen atoms in total. The molecule has 3 fully saturated rings.